The third-order valence-corrected chi connectivity index (χ3v) is 8.19. The highest BCUT2D eigenvalue weighted by molar-refractivity contribution is 7.89. The van der Waals surface area contributed by atoms with Gasteiger partial charge in [0.15, 0.2) is 5.03 Å². The highest BCUT2D eigenvalue weighted by Crippen LogP contribution is 2.36. The number of hydrogen-bond donors (Lipinski definition) is 2. The van der Waals surface area contributed by atoms with E-state index in [9.17, 15) is 13.2 Å². The van der Waals surface area contributed by atoms with Crippen molar-refractivity contribution >= 4 is 38.3 Å². The van der Waals surface area contributed by atoms with Gasteiger partial charge in [-0.05, 0) is 58.4 Å². The van der Waals surface area contributed by atoms with Crippen molar-refractivity contribution in [2.45, 2.75) is 51.2 Å². The highest BCUT2D eigenvalue weighted by Gasteiger charge is 2.28. The van der Waals surface area contributed by atoms with Crippen LogP contribution in [-0.2, 0) is 10.0 Å². The van der Waals surface area contributed by atoms with Crippen molar-refractivity contribution in [1.29, 1.82) is 0 Å². The average molecular weight is 593 g/mol. The number of benzene rings is 2. The summed E-state index contributed by atoms with van der Waals surface area (Å²) in [5, 5.41) is 7.23. The number of sulfonamides is 1. The quantitative estimate of drug-likeness (QED) is 0.199. The third kappa shape index (κ3) is 5.90. The smallest absolute Gasteiger partial charge is 0.260 e. The van der Waals surface area contributed by atoms with Crippen LogP contribution in [0.3, 0.4) is 0 Å². The van der Waals surface area contributed by atoms with Gasteiger partial charge < -0.3 is 14.3 Å². The highest BCUT2D eigenvalue weighted by atomic mass is 35.5. The Morgan fingerprint density at radius 2 is 1.76 bits per heavy atom. The predicted octanol–water partition coefficient (Wildman–Crippen LogP) is 6.72. The molecule has 2 aromatic carbocycles. The van der Waals surface area contributed by atoms with Crippen LogP contribution < -0.4 is 15.5 Å². The summed E-state index contributed by atoms with van der Waals surface area (Å²) in [6.07, 6.45) is 2.89. The molecule has 0 aliphatic carbocycles. The van der Waals surface area contributed by atoms with E-state index in [1.165, 1.54) is 18.5 Å². The zero-order valence-electron chi connectivity index (χ0n) is 23.2. The Bertz CT molecular complexity index is 1900. The number of fused-ring (bicyclic) bond motifs is 1. The first kappa shape index (κ1) is 28.5. The molecule has 0 bridgehead atoms. The van der Waals surface area contributed by atoms with E-state index in [2.05, 4.69) is 20.2 Å². The van der Waals surface area contributed by atoms with Gasteiger partial charge in [0.1, 0.15) is 22.8 Å². The fourth-order valence-corrected chi connectivity index (χ4v) is 6.41. The summed E-state index contributed by atoms with van der Waals surface area (Å²) < 4.78 is 40.7. The lowest BCUT2D eigenvalue weighted by molar-refractivity contribution is 0.420. The van der Waals surface area contributed by atoms with E-state index in [-0.39, 0.29) is 21.3 Å². The van der Waals surface area contributed by atoms with E-state index in [1.54, 1.807) is 32.9 Å². The van der Waals surface area contributed by atoms with E-state index in [0.29, 0.717) is 39.0 Å². The molecular formula is C30H29ClN4O5S. The molecule has 5 aromatic rings. The van der Waals surface area contributed by atoms with Crippen molar-refractivity contribution in [1.82, 2.24) is 14.9 Å². The summed E-state index contributed by atoms with van der Waals surface area (Å²) in [6.45, 7) is 8.95. The van der Waals surface area contributed by atoms with Gasteiger partial charge in [-0.1, -0.05) is 53.2 Å². The number of rotatable bonds is 7. The molecule has 0 radical (unpaired) electrons. The van der Waals surface area contributed by atoms with Gasteiger partial charge in [-0.3, -0.25) is 4.79 Å². The van der Waals surface area contributed by atoms with E-state index in [1.807, 2.05) is 50.2 Å². The minimum atomic E-state index is -4.03. The van der Waals surface area contributed by atoms with Crippen LogP contribution in [0.4, 0.5) is 5.69 Å². The summed E-state index contributed by atoms with van der Waals surface area (Å²) in [5.41, 5.74) is 2.68. The summed E-state index contributed by atoms with van der Waals surface area (Å²) >= 11 is 6.10. The molecule has 3 heterocycles. The van der Waals surface area contributed by atoms with Crippen molar-refractivity contribution in [3.63, 3.8) is 0 Å². The Kier molecular flexibility index (Phi) is 7.50. The first-order valence-electron chi connectivity index (χ1n) is 12.9. The Morgan fingerprint density at radius 3 is 2.41 bits per heavy atom. The van der Waals surface area contributed by atoms with Crippen LogP contribution in [0.25, 0.3) is 33.4 Å². The molecule has 0 saturated heterocycles. The van der Waals surface area contributed by atoms with Crippen LogP contribution in [-0.4, -0.2) is 24.1 Å². The van der Waals surface area contributed by atoms with Gasteiger partial charge in [0.05, 0.1) is 28.9 Å². The molecule has 0 aliphatic rings. The zero-order valence-corrected chi connectivity index (χ0v) is 24.7. The SMILES string of the molecule is Cc1cc([C@@H](C)Nc2ccc(Cl)nc2S(=O)(=O)NC(C)(C)C)c2oc(-c3ccccc3)c(-c3cnoc3)c(=O)c2c1. The maximum absolute atomic E-state index is 14.0. The van der Waals surface area contributed by atoms with Gasteiger partial charge >= 0.3 is 0 Å². The monoisotopic (exact) mass is 592 g/mol. The van der Waals surface area contributed by atoms with Crippen molar-refractivity contribution in [2.24, 2.45) is 0 Å². The normalized spacial score (nSPS) is 12.9. The molecule has 0 saturated carbocycles. The Balaban J connectivity index is 1.68. The van der Waals surface area contributed by atoms with Gasteiger partial charge in [-0.2, -0.15) is 0 Å². The molecule has 0 amide bonds. The molecule has 0 fully saturated rings. The first-order valence-corrected chi connectivity index (χ1v) is 14.7. The minimum absolute atomic E-state index is 0.0401. The van der Waals surface area contributed by atoms with Crippen molar-refractivity contribution < 1.29 is 17.4 Å². The Hall–Kier alpha value is -3.99. The molecule has 2 N–H and O–H groups in total. The second-order valence-corrected chi connectivity index (χ2v) is 12.8. The van der Waals surface area contributed by atoms with Gasteiger partial charge in [-0.15, -0.1) is 0 Å². The molecule has 0 aliphatic heterocycles. The topological polar surface area (TPSA) is 127 Å². The third-order valence-electron chi connectivity index (χ3n) is 6.28. The van der Waals surface area contributed by atoms with E-state index < -0.39 is 21.6 Å². The number of halogens is 1. The van der Waals surface area contributed by atoms with Crippen LogP contribution in [0.1, 0.15) is 44.9 Å². The summed E-state index contributed by atoms with van der Waals surface area (Å²) in [4.78, 5) is 18.1. The van der Waals surface area contributed by atoms with E-state index in [4.69, 9.17) is 20.5 Å². The second kappa shape index (κ2) is 10.8. The summed E-state index contributed by atoms with van der Waals surface area (Å²) in [7, 11) is -4.03. The number of aromatic nitrogens is 2. The zero-order chi connectivity index (χ0) is 29.5. The largest absolute Gasteiger partial charge is 0.455 e. The lowest BCUT2D eigenvalue weighted by atomic mass is 9.96. The predicted molar refractivity (Wildman–Crippen MR) is 160 cm³/mol. The van der Waals surface area contributed by atoms with Crippen molar-refractivity contribution in [2.75, 3.05) is 5.32 Å². The molecule has 3 aromatic heterocycles. The molecule has 212 valence electrons. The van der Waals surface area contributed by atoms with Gasteiger partial charge in [0.2, 0.25) is 5.43 Å². The molecule has 41 heavy (non-hydrogen) atoms. The van der Waals surface area contributed by atoms with Crippen LogP contribution >= 0.6 is 11.6 Å². The number of aryl methyl sites for hydroxylation is 1. The molecule has 5 rings (SSSR count). The number of pyridine rings is 1. The second-order valence-electron chi connectivity index (χ2n) is 10.9. The molecule has 1 atom stereocenters. The lowest BCUT2D eigenvalue weighted by Crippen LogP contribution is -2.41. The lowest BCUT2D eigenvalue weighted by Gasteiger charge is -2.23. The van der Waals surface area contributed by atoms with E-state index in [0.717, 1.165) is 5.56 Å². The van der Waals surface area contributed by atoms with Crippen LogP contribution in [0, 0.1) is 6.92 Å². The fraction of sp³-hybridized carbons (Fsp3) is 0.233. The molecular weight excluding hydrogens is 564 g/mol. The molecule has 9 nitrogen and oxygen atoms in total. The molecule has 0 spiro atoms. The van der Waals surface area contributed by atoms with Crippen LogP contribution in [0.5, 0.6) is 0 Å². The van der Waals surface area contributed by atoms with Gasteiger partial charge in [0.25, 0.3) is 10.0 Å². The minimum Gasteiger partial charge on any atom is -0.455 e. The van der Waals surface area contributed by atoms with Gasteiger partial charge in [-0.25, -0.2) is 18.1 Å². The maximum atomic E-state index is 14.0. The Morgan fingerprint density at radius 1 is 1.02 bits per heavy atom. The number of hydrogen-bond acceptors (Lipinski definition) is 8. The van der Waals surface area contributed by atoms with Gasteiger partial charge in [0, 0.05) is 22.2 Å². The number of anilines is 1. The average Bonchev–Trinajstić information content (AvgIpc) is 3.43. The number of nitrogens with one attached hydrogen (secondary N) is 2. The van der Waals surface area contributed by atoms with Crippen LogP contribution in [0.15, 0.2) is 85.8 Å². The standard InChI is InChI=1S/C30H29ClN4O5S/c1-17-13-21(18(2)33-23-11-12-24(31)34-29(23)41(37,38)35-30(3,4)5)28-22(14-17)26(36)25(20-15-32-39-16-20)27(40-28)19-9-7-6-8-10-19/h6-16,18,33,35H,1-5H3/t18-/m1/s1. The van der Waals surface area contributed by atoms with Crippen LogP contribution in [0.2, 0.25) is 5.15 Å². The van der Waals surface area contributed by atoms with E-state index >= 15 is 0 Å². The summed E-state index contributed by atoms with van der Waals surface area (Å²) in [5.74, 6) is 0.370. The Labute approximate surface area is 242 Å². The van der Waals surface area contributed by atoms with Crippen molar-refractivity contribution in [3.8, 4) is 22.5 Å². The van der Waals surface area contributed by atoms with Crippen molar-refractivity contribution in [3.05, 3.63) is 93.6 Å². The number of nitrogens with zero attached hydrogens (tertiary/aromatic N) is 2. The molecule has 0 unspecified atom stereocenters. The molecule has 11 heteroatoms. The summed E-state index contributed by atoms with van der Waals surface area (Å²) in [6, 6.07) is 15.6. The first-order chi connectivity index (χ1) is 19.3. The fourth-order valence-electron chi connectivity index (χ4n) is 4.67. The maximum Gasteiger partial charge on any atom is 0.260 e.